The molecule has 21 heavy (non-hydrogen) atoms. The van der Waals surface area contributed by atoms with Gasteiger partial charge in [-0.3, -0.25) is 0 Å². The van der Waals surface area contributed by atoms with Crippen molar-refractivity contribution in [3.63, 3.8) is 0 Å². The van der Waals surface area contributed by atoms with Crippen molar-refractivity contribution >= 4 is 23.0 Å². The maximum Gasteiger partial charge on any atom is 0.121 e. The maximum absolute atomic E-state index is 5.85. The molecule has 0 bridgehead atoms. The van der Waals surface area contributed by atoms with Crippen LogP contribution in [0, 0.1) is 0 Å². The first-order valence-corrected chi connectivity index (χ1v) is 7.51. The molecule has 0 radical (unpaired) electrons. The average molecular weight is 305 g/mol. The Hall–Kier alpha value is -1.87. The van der Waals surface area contributed by atoms with Crippen LogP contribution in [0.3, 0.4) is 0 Å². The number of ether oxygens (including phenoxy) is 1. The van der Waals surface area contributed by atoms with E-state index in [1.807, 2.05) is 62.4 Å². The molecule has 0 aromatic heterocycles. The fraction of sp³-hybridized carbons (Fsp3) is 0.294. The zero-order valence-electron chi connectivity index (χ0n) is 12.4. The van der Waals surface area contributed by atoms with Gasteiger partial charge in [-0.1, -0.05) is 17.7 Å². The lowest BCUT2D eigenvalue weighted by molar-refractivity contribution is 0.242. The summed E-state index contributed by atoms with van der Waals surface area (Å²) in [7, 11) is 0. The Morgan fingerprint density at radius 1 is 0.952 bits per heavy atom. The molecule has 0 atom stereocenters. The van der Waals surface area contributed by atoms with Crippen LogP contribution in [-0.4, -0.2) is 19.2 Å². The summed E-state index contributed by atoms with van der Waals surface area (Å²) in [5.41, 5.74) is 2.13. The van der Waals surface area contributed by atoms with E-state index in [9.17, 15) is 0 Å². The molecule has 112 valence electrons. The topological polar surface area (TPSA) is 33.3 Å². The van der Waals surface area contributed by atoms with Crippen LogP contribution in [0.25, 0.3) is 0 Å². The fourth-order valence-electron chi connectivity index (χ4n) is 1.93. The highest BCUT2D eigenvalue weighted by Gasteiger charge is 1.99. The largest absolute Gasteiger partial charge is 0.491 e. The molecule has 0 heterocycles. The Kier molecular flexibility index (Phi) is 5.76. The predicted molar refractivity (Wildman–Crippen MR) is 90.6 cm³/mol. The van der Waals surface area contributed by atoms with Crippen molar-refractivity contribution in [1.82, 2.24) is 0 Å². The molecule has 2 aromatic carbocycles. The van der Waals surface area contributed by atoms with Crippen molar-refractivity contribution in [3.05, 3.63) is 53.6 Å². The Morgan fingerprint density at radius 2 is 1.62 bits per heavy atom. The van der Waals surface area contributed by atoms with Crippen molar-refractivity contribution < 1.29 is 4.74 Å². The second-order valence-electron chi connectivity index (χ2n) is 5.05. The lowest BCUT2D eigenvalue weighted by Gasteiger charge is -2.12. The van der Waals surface area contributed by atoms with Crippen LogP contribution in [0.1, 0.15) is 13.8 Å². The Morgan fingerprint density at radius 3 is 2.29 bits per heavy atom. The summed E-state index contributed by atoms with van der Waals surface area (Å²) in [5, 5.41) is 7.46. The van der Waals surface area contributed by atoms with E-state index in [2.05, 4.69) is 10.6 Å². The Balaban J connectivity index is 1.76. The van der Waals surface area contributed by atoms with Gasteiger partial charge in [0.25, 0.3) is 0 Å². The van der Waals surface area contributed by atoms with Crippen LogP contribution in [-0.2, 0) is 0 Å². The number of anilines is 2. The summed E-state index contributed by atoms with van der Waals surface area (Å²) >= 11 is 5.85. The van der Waals surface area contributed by atoms with E-state index in [1.54, 1.807) is 0 Å². The molecule has 0 aliphatic carbocycles. The van der Waals surface area contributed by atoms with Gasteiger partial charge in [-0.05, 0) is 50.2 Å². The van der Waals surface area contributed by atoms with E-state index in [1.165, 1.54) is 0 Å². The summed E-state index contributed by atoms with van der Waals surface area (Å²) in [4.78, 5) is 0. The molecule has 0 aliphatic heterocycles. The van der Waals surface area contributed by atoms with Crippen LogP contribution < -0.4 is 15.4 Å². The van der Waals surface area contributed by atoms with E-state index in [0.29, 0.717) is 0 Å². The first kappa shape index (κ1) is 15.5. The van der Waals surface area contributed by atoms with Gasteiger partial charge in [-0.25, -0.2) is 0 Å². The highest BCUT2D eigenvalue weighted by molar-refractivity contribution is 6.30. The van der Waals surface area contributed by atoms with E-state index >= 15 is 0 Å². The first-order chi connectivity index (χ1) is 10.1. The lowest BCUT2D eigenvalue weighted by atomic mass is 10.3. The van der Waals surface area contributed by atoms with Crippen molar-refractivity contribution in [3.8, 4) is 5.75 Å². The zero-order valence-corrected chi connectivity index (χ0v) is 13.2. The quantitative estimate of drug-likeness (QED) is 0.730. The minimum absolute atomic E-state index is 0.187. The molecule has 2 aromatic rings. The minimum Gasteiger partial charge on any atom is -0.491 e. The highest BCUT2D eigenvalue weighted by Crippen LogP contribution is 2.18. The van der Waals surface area contributed by atoms with Crippen LogP contribution >= 0.6 is 11.6 Å². The third-order valence-corrected chi connectivity index (χ3v) is 3.09. The second-order valence-corrected chi connectivity index (χ2v) is 5.49. The van der Waals surface area contributed by atoms with Gasteiger partial charge >= 0.3 is 0 Å². The molecule has 0 fully saturated rings. The molecule has 4 heteroatoms. The summed E-state index contributed by atoms with van der Waals surface area (Å²) in [6.07, 6.45) is 0.187. The van der Waals surface area contributed by atoms with Gasteiger partial charge in [0.1, 0.15) is 5.75 Å². The van der Waals surface area contributed by atoms with Crippen molar-refractivity contribution in [2.75, 3.05) is 23.7 Å². The van der Waals surface area contributed by atoms with Gasteiger partial charge < -0.3 is 15.4 Å². The zero-order chi connectivity index (χ0) is 15.1. The molecule has 0 saturated carbocycles. The van der Waals surface area contributed by atoms with Crippen LogP contribution in [0.4, 0.5) is 11.4 Å². The van der Waals surface area contributed by atoms with Gasteiger partial charge in [-0.15, -0.1) is 0 Å². The molecule has 0 aliphatic rings. The maximum atomic E-state index is 5.85. The minimum atomic E-state index is 0.187. The smallest absolute Gasteiger partial charge is 0.121 e. The van der Waals surface area contributed by atoms with Crippen LogP contribution in [0.15, 0.2) is 48.5 Å². The van der Waals surface area contributed by atoms with Crippen LogP contribution in [0.5, 0.6) is 5.75 Å². The molecule has 0 saturated heterocycles. The number of hydrogen-bond donors (Lipinski definition) is 2. The Bertz CT molecular complexity index is 555. The predicted octanol–water partition coefficient (Wildman–Crippen LogP) is 4.65. The lowest BCUT2D eigenvalue weighted by Crippen LogP contribution is -2.13. The summed E-state index contributed by atoms with van der Waals surface area (Å²) in [5.74, 6) is 0.890. The standard InChI is InChI=1S/C17H21ClN2O/c1-13(2)21-17-5-3-4-16(12-17)20-11-10-19-15-8-6-14(18)7-9-15/h3-9,12-13,19-20H,10-11H2,1-2H3. The van der Waals surface area contributed by atoms with E-state index in [4.69, 9.17) is 16.3 Å². The number of rotatable bonds is 7. The molecule has 2 N–H and O–H groups in total. The van der Waals surface area contributed by atoms with Gasteiger partial charge in [-0.2, -0.15) is 0 Å². The van der Waals surface area contributed by atoms with Crippen LogP contribution in [0.2, 0.25) is 5.02 Å². The average Bonchev–Trinajstić information content (AvgIpc) is 2.45. The summed E-state index contributed by atoms with van der Waals surface area (Å²) < 4.78 is 5.67. The molecular weight excluding hydrogens is 284 g/mol. The van der Waals surface area contributed by atoms with E-state index in [-0.39, 0.29) is 6.10 Å². The molecule has 0 amide bonds. The number of benzene rings is 2. The third kappa shape index (κ3) is 5.56. The van der Waals surface area contributed by atoms with Gasteiger partial charge in [0.05, 0.1) is 6.10 Å². The van der Waals surface area contributed by atoms with Gasteiger partial charge in [0.2, 0.25) is 0 Å². The molecule has 0 unspecified atom stereocenters. The van der Waals surface area contributed by atoms with E-state index < -0.39 is 0 Å². The van der Waals surface area contributed by atoms with Crippen molar-refractivity contribution in [1.29, 1.82) is 0 Å². The molecule has 2 rings (SSSR count). The van der Waals surface area contributed by atoms with Crippen molar-refractivity contribution in [2.45, 2.75) is 20.0 Å². The highest BCUT2D eigenvalue weighted by atomic mass is 35.5. The monoisotopic (exact) mass is 304 g/mol. The fourth-order valence-corrected chi connectivity index (χ4v) is 2.06. The van der Waals surface area contributed by atoms with Crippen molar-refractivity contribution in [2.24, 2.45) is 0 Å². The Labute approximate surface area is 131 Å². The molecular formula is C17H21ClN2O. The number of halogens is 1. The summed E-state index contributed by atoms with van der Waals surface area (Å²) in [6.45, 7) is 5.71. The van der Waals surface area contributed by atoms with Gasteiger partial charge in [0, 0.05) is 35.6 Å². The molecule has 3 nitrogen and oxygen atoms in total. The number of hydrogen-bond acceptors (Lipinski definition) is 3. The van der Waals surface area contributed by atoms with E-state index in [0.717, 1.165) is 35.2 Å². The summed E-state index contributed by atoms with van der Waals surface area (Å²) in [6, 6.07) is 15.7. The molecule has 0 spiro atoms. The third-order valence-electron chi connectivity index (χ3n) is 2.83. The normalized spacial score (nSPS) is 10.5. The van der Waals surface area contributed by atoms with Gasteiger partial charge in [0.15, 0.2) is 0 Å². The first-order valence-electron chi connectivity index (χ1n) is 7.13. The number of nitrogens with one attached hydrogen (secondary N) is 2. The SMILES string of the molecule is CC(C)Oc1cccc(NCCNc2ccc(Cl)cc2)c1. The second kappa shape index (κ2) is 7.79.